The first-order valence-electron chi connectivity index (χ1n) is 10.6. The van der Waals surface area contributed by atoms with Gasteiger partial charge in [0.25, 0.3) is 5.91 Å². The number of nitrogens with zero attached hydrogens (tertiary/aromatic N) is 2. The number of ether oxygens (including phenoxy) is 1. The normalized spacial score (nSPS) is 11.0. The standard InChI is InChI=1S/C26H25N3O3/c1-4-32-26(31)23-16-29-15-20(13-14-24(29)28-23)27-25(30)22-8-6-5-7-21(22)19-11-9-18(10-12-19)17(2)3/h5-17H,4H2,1-3H3,(H,27,30). The molecule has 1 amide bonds. The molecule has 0 aliphatic heterocycles. The zero-order valence-electron chi connectivity index (χ0n) is 18.3. The lowest BCUT2D eigenvalue weighted by atomic mass is 9.95. The zero-order chi connectivity index (χ0) is 22.7. The van der Waals surface area contributed by atoms with Crippen molar-refractivity contribution in [2.24, 2.45) is 0 Å². The molecule has 4 rings (SSSR count). The predicted octanol–water partition coefficient (Wildman–Crippen LogP) is 5.55. The van der Waals surface area contributed by atoms with E-state index in [-0.39, 0.29) is 18.2 Å². The summed E-state index contributed by atoms with van der Waals surface area (Å²) in [5.74, 6) is -0.233. The molecule has 0 aliphatic rings. The number of carbonyl (C=O) groups is 2. The minimum Gasteiger partial charge on any atom is -0.461 e. The predicted molar refractivity (Wildman–Crippen MR) is 125 cm³/mol. The fourth-order valence-corrected chi connectivity index (χ4v) is 3.55. The van der Waals surface area contributed by atoms with Gasteiger partial charge in [-0.1, -0.05) is 56.3 Å². The van der Waals surface area contributed by atoms with Crippen LogP contribution in [0.15, 0.2) is 73.1 Å². The molecule has 0 spiro atoms. The maximum absolute atomic E-state index is 13.1. The number of hydrogen-bond donors (Lipinski definition) is 1. The van der Waals surface area contributed by atoms with Crippen molar-refractivity contribution < 1.29 is 14.3 Å². The molecule has 0 radical (unpaired) electrons. The van der Waals surface area contributed by atoms with E-state index in [1.165, 1.54) is 5.56 Å². The number of hydrogen-bond acceptors (Lipinski definition) is 4. The van der Waals surface area contributed by atoms with E-state index in [1.54, 1.807) is 35.9 Å². The van der Waals surface area contributed by atoms with Crippen molar-refractivity contribution in [1.82, 2.24) is 9.38 Å². The Morgan fingerprint density at radius 1 is 1.00 bits per heavy atom. The Labute approximate surface area is 186 Å². The molecule has 2 aromatic carbocycles. The first-order valence-corrected chi connectivity index (χ1v) is 10.6. The summed E-state index contributed by atoms with van der Waals surface area (Å²) in [5, 5.41) is 2.95. The highest BCUT2D eigenvalue weighted by atomic mass is 16.5. The Morgan fingerprint density at radius 3 is 2.47 bits per heavy atom. The average molecular weight is 428 g/mol. The van der Waals surface area contributed by atoms with Crippen molar-refractivity contribution in [3.05, 3.63) is 89.9 Å². The van der Waals surface area contributed by atoms with Crippen molar-refractivity contribution in [3.63, 3.8) is 0 Å². The van der Waals surface area contributed by atoms with E-state index in [2.05, 4.69) is 48.4 Å². The van der Waals surface area contributed by atoms with Crippen LogP contribution in [0.3, 0.4) is 0 Å². The molecule has 0 atom stereocenters. The molecule has 0 saturated heterocycles. The van der Waals surface area contributed by atoms with Gasteiger partial charge in [-0.3, -0.25) is 4.79 Å². The molecule has 4 aromatic rings. The zero-order valence-corrected chi connectivity index (χ0v) is 18.3. The van der Waals surface area contributed by atoms with Crippen LogP contribution in [0.5, 0.6) is 0 Å². The summed E-state index contributed by atoms with van der Waals surface area (Å²) in [6.07, 6.45) is 3.32. The van der Waals surface area contributed by atoms with E-state index in [9.17, 15) is 9.59 Å². The van der Waals surface area contributed by atoms with Crippen molar-refractivity contribution in [3.8, 4) is 11.1 Å². The van der Waals surface area contributed by atoms with Gasteiger partial charge in [0.1, 0.15) is 5.65 Å². The van der Waals surface area contributed by atoms with E-state index in [0.29, 0.717) is 22.8 Å². The summed E-state index contributed by atoms with van der Waals surface area (Å²) in [6.45, 7) is 6.35. The number of anilines is 1. The van der Waals surface area contributed by atoms with Crippen LogP contribution in [0.4, 0.5) is 5.69 Å². The SMILES string of the molecule is CCOC(=O)c1cn2cc(NC(=O)c3ccccc3-c3ccc(C(C)C)cc3)ccc2n1. The highest BCUT2D eigenvalue weighted by Crippen LogP contribution is 2.26. The molecule has 162 valence electrons. The fraction of sp³-hybridized carbons (Fsp3) is 0.192. The smallest absolute Gasteiger partial charge is 0.358 e. The van der Waals surface area contributed by atoms with Crippen molar-refractivity contribution in [1.29, 1.82) is 0 Å². The first-order chi connectivity index (χ1) is 15.5. The topological polar surface area (TPSA) is 72.7 Å². The Hall–Kier alpha value is -3.93. The Balaban J connectivity index is 1.59. The largest absolute Gasteiger partial charge is 0.461 e. The molecule has 0 bridgehead atoms. The van der Waals surface area contributed by atoms with E-state index >= 15 is 0 Å². The van der Waals surface area contributed by atoms with E-state index in [4.69, 9.17) is 4.74 Å². The number of amides is 1. The van der Waals surface area contributed by atoms with Crippen molar-refractivity contribution >= 4 is 23.2 Å². The Morgan fingerprint density at radius 2 is 1.75 bits per heavy atom. The summed E-state index contributed by atoms with van der Waals surface area (Å²) in [4.78, 5) is 29.3. The lowest BCUT2D eigenvalue weighted by molar-refractivity contribution is 0.0520. The van der Waals surface area contributed by atoms with Crippen LogP contribution < -0.4 is 5.32 Å². The summed E-state index contributed by atoms with van der Waals surface area (Å²) >= 11 is 0. The van der Waals surface area contributed by atoms with Gasteiger partial charge in [-0.25, -0.2) is 9.78 Å². The summed E-state index contributed by atoms with van der Waals surface area (Å²) in [7, 11) is 0. The molecule has 0 saturated carbocycles. The number of benzene rings is 2. The number of carbonyl (C=O) groups excluding carboxylic acids is 2. The van der Waals surface area contributed by atoms with Crippen LogP contribution in [0.1, 0.15) is 53.1 Å². The quantitative estimate of drug-likeness (QED) is 0.409. The molecule has 0 aliphatic carbocycles. The molecule has 32 heavy (non-hydrogen) atoms. The van der Waals surface area contributed by atoms with Gasteiger partial charge in [0, 0.05) is 18.0 Å². The lowest BCUT2D eigenvalue weighted by Gasteiger charge is -2.12. The van der Waals surface area contributed by atoms with Crippen LogP contribution in [0.25, 0.3) is 16.8 Å². The van der Waals surface area contributed by atoms with Crippen LogP contribution in [-0.2, 0) is 4.74 Å². The minimum atomic E-state index is -0.473. The molecule has 2 aromatic heterocycles. The number of fused-ring (bicyclic) bond motifs is 1. The Bertz CT molecular complexity index is 1270. The maximum atomic E-state index is 13.1. The van der Waals surface area contributed by atoms with Gasteiger partial charge in [0.2, 0.25) is 0 Å². The van der Waals surface area contributed by atoms with E-state index in [0.717, 1.165) is 11.1 Å². The average Bonchev–Trinajstić information content (AvgIpc) is 3.23. The third kappa shape index (κ3) is 4.39. The first kappa shape index (κ1) is 21.3. The van der Waals surface area contributed by atoms with Gasteiger partial charge in [-0.2, -0.15) is 0 Å². The lowest BCUT2D eigenvalue weighted by Crippen LogP contribution is -2.13. The van der Waals surface area contributed by atoms with Crippen molar-refractivity contribution in [2.75, 3.05) is 11.9 Å². The van der Waals surface area contributed by atoms with Gasteiger partial charge in [0.15, 0.2) is 5.69 Å². The number of esters is 1. The third-order valence-electron chi connectivity index (χ3n) is 5.25. The van der Waals surface area contributed by atoms with Gasteiger partial charge in [-0.15, -0.1) is 0 Å². The second-order valence-electron chi connectivity index (χ2n) is 7.81. The summed E-state index contributed by atoms with van der Waals surface area (Å²) in [6, 6.07) is 19.4. The molecule has 0 unspecified atom stereocenters. The van der Waals surface area contributed by atoms with Crippen LogP contribution >= 0.6 is 0 Å². The molecule has 6 nitrogen and oxygen atoms in total. The number of rotatable bonds is 6. The Kier molecular flexibility index (Phi) is 6.03. The molecular weight excluding hydrogens is 402 g/mol. The summed E-state index contributed by atoms with van der Waals surface area (Å²) in [5.41, 5.74) is 5.12. The van der Waals surface area contributed by atoms with Crippen molar-refractivity contribution in [2.45, 2.75) is 26.7 Å². The number of aromatic nitrogens is 2. The molecule has 1 N–H and O–H groups in total. The van der Waals surface area contributed by atoms with E-state index in [1.807, 2.05) is 24.3 Å². The second-order valence-corrected chi connectivity index (χ2v) is 7.81. The molecule has 6 heteroatoms. The number of imidazole rings is 1. The number of nitrogens with one attached hydrogen (secondary N) is 1. The minimum absolute atomic E-state index is 0.210. The van der Waals surface area contributed by atoms with E-state index < -0.39 is 5.97 Å². The van der Waals surface area contributed by atoms with Gasteiger partial charge >= 0.3 is 5.97 Å². The van der Waals surface area contributed by atoms with Crippen LogP contribution in [-0.4, -0.2) is 27.9 Å². The maximum Gasteiger partial charge on any atom is 0.358 e. The van der Waals surface area contributed by atoms with Crippen LogP contribution in [0, 0.1) is 0 Å². The second kappa shape index (κ2) is 9.06. The monoisotopic (exact) mass is 427 g/mol. The molecule has 0 fully saturated rings. The molecular formula is C26H25N3O3. The van der Waals surface area contributed by atoms with Gasteiger partial charge in [-0.05, 0) is 47.7 Å². The summed E-state index contributed by atoms with van der Waals surface area (Å²) < 4.78 is 6.69. The third-order valence-corrected chi connectivity index (χ3v) is 5.25. The number of pyridine rings is 1. The molecule has 2 heterocycles. The van der Waals surface area contributed by atoms with Crippen LogP contribution in [0.2, 0.25) is 0 Å². The fourth-order valence-electron chi connectivity index (χ4n) is 3.55. The van der Waals surface area contributed by atoms with Gasteiger partial charge < -0.3 is 14.5 Å². The highest BCUT2D eigenvalue weighted by Gasteiger charge is 2.15. The van der Waals surface area contributed by atoms with Gasteiger partial charge in [0.05, 0.1) is 12.3 Å². The highest BCUT2D eigenvalue weighted by molar-refractivity contribution is 6.08.